The molecule has 0 atom stereocenters. The molecule has 0 saturated heterocycles. The van der Waals surface area contributed by atoms with Gasteiger partial charge in [-0.05, 0) is 24.8 Å². The van der Waals surface area contributed by atoms with Crippen LogP contribution in [-0.4, -0.2) is 34.0 Å². The SMILES string of the molecule is O=C(NCCc1ccc(-c2cn[nH]n2)cc1)C1(C(F)(F)F)CCCC1. The van der Waals surface area contributed by atoms with Crippen molar-refractivity contribution < 1.29 is 18.0 Å². The number of rotatable bonds is 5. The molecule has 1 aliphatic carbocycles. The lowest BCUT2D eigenvalue weighted by molar-refractivity contribution is -0.220. The first-order valence-electron chi connectivity index (χ1n) is 8.22. The van der Waals surface area contributed by atoms with Crippen LogP contribution in [0, 0.1) is 5.41 Å². The molecule has 8 heteroatoms. The monoisotopic (exact) mass is 352 g/mol. The predicted octanol–water partition coefficient (Wildman–Crippen LogP) is 3.25. The van der Waals surface area contributed by atoms with Gasteiger partial charge in [-0.25, -0.2) is 0 Å². The first-order valence-corrected chi connectivity index (χ1v) is 8.22. The molecule has 1 fully saturated rings. The third-order valence-electron chi connectivity index (χ3n) is 4.80. The second-order valence-electron chi connectivity index (χ2n) is 6.35. The van der Waals surface area contributed by atoms with Crippen molar-refractivity contribution in [2.75, 3.05) is 6.54 Å². The van der Waals surface area contributed by atoms with Crippen LogP contribution in [0.4, 0.5) is 13.2 Å². The van der Waals surface area contributed by atoms with Crippen LogP contribution in [0.2, 0.25) is 0 Å². The highest BCUT2D eigenvalue weighted by atomic mass is 19.4. The molecule has 0 radical (unpaired) electrons. The summed E-state index contributed by atoms with van der Waals surface area (Å²) in [5.74, 6) is -0.892. The van der Waals surface area contributed by atoms with E-state index in [2.05, 4.69) is 20.7 Å². The molecule has 0 unspecified atom stereocenters. The molecule has 0 spiro atoms. The fourth-order valence-electron chi connectivity index (χ4n) is 3.29. The lowest BCUT2D eigenvalue weighted by Crippen LogP contribution is -2.49. The van der Waals surface area contributed by atoms with Crippen molar-refractivity contribution in [3.63, 3.8) is 0 Å². The highest BCUT2D eigenvalue weighted by Crippen LogP contribution is 2.50. The number of amides is 1. The van der Waals surface area contributed by atoms with Crippen molar-refractivity contribution in [2.45, 2.75) is 38.3 Å². The Hall–Kier alpha value is -2.38. The average molecular weight is 352 g/mol. The summed E-state index contributed by atoms with van der Waals surface area (Å²) in [6.45, 7) is 0.181. The van der Waals surface area contributed by atoms with Gasteiger partial charge in [0.15, 0.2) is 0 Å². The van der Waals surface area contributed by atoms with Gasteiger partial charge in [0.1, 0.15) is 11.1 Å². The van der Waals surface area contributed by atoms with Crippen molar-refractivity contribution in [3.8, 4) is 11.3 Å². The number of halogens is 3. The summed E-state index contributed by atoms with van der Waals surface area (Å²) in [7, 11) is 0. The van der Waals surface area contributed by atoms with Gasteiger partial charge in [-0.1, -0.05) is 37.1 Å². The molecular formula is C17H19F3N4O. The van der Waals surface area contributed by atoms with Gasteiger partial charge < -0.3 is 5.32 Å². The number of H-pyrrole nitrogens is 1. The molecule has 5 nitrogen and oxygen atoms in total. The van der Waals surface area contributed by atoms with Crippen LogP contribution in [0.5, 0.6) is 0 Å². The Kier molecular flexibility index (Phi) is 4.78. The quantitative estimate of drug-likeness (QED) is 0.868. The molecule has 25 heavy (non-hydrogen) atoms. The van der Waals surface area contributed by atoms with Crippen molar-refractivity contribution in [3.05, 3.63) is 36.0 Å². The summed E-state index contributed by atoms with van der Waals surface area (Å²) < 4.78 is 40.0. The molecule has 1 amide bonds. The smallest absolute Gasteiger partial charge is 0.355 e. The number of aromatic nitrogens is 3. The topological polar surface area (TPSA) is 70.7 Å². The van der Waals surface area contributed by atoms with Gasteiger partial charge in [0.25, 0.3) is 0 Å². The Bertz CT molecular complexity index is 704. The molecule has 134 valence electrons. The third kappa shape index (κ3) is 3.52. The largest absolute Gasteiger partial charge is 0.403 e. The summed E-state index contributed by atoms with van der Waals surface area (Å²) >= 11 is 0. The molecule has 3 rings (SSSR count). The van der Waals surface area contributed by atoms with Gasteiger partial charge in [0, 0.05) is 12.1 Å². The molecule has 0 aliphatic heterocycles. The first-order chi connectivity index (χ1) is 11.9. The number of hydrogen-bond acceptors (Lipinski definition) is 3. The number of benzene rings is 1. The van der Waals surface area contributed by atoms with Crippen LogP contribution in [0.25, 0.3) is 11.3 Å². The number of alkyl halides is 3. The van der Waals surface area contributed by atoms with E-state index >= 15 is 0 Å². The van der Waals surface area contributed by atoms with Crippen molar-refractivity contribution in [1.29, 1.82) is 0 Å². The van der Waals surface area contributed by atoms with Gasteiger partial charge in [0.05, 0.1) is 6.20 Å². The zero-order valence-corrected chi connectivity index (χ0v) is 13.6. The maximum atomic E-state index is 13.3. The highest BCUT2D eigenvalue weighted by Gasteiger charge is 2.60. The number of nitrogens with one attached hydrogen (secondary N) is 2. The van der Waals surface area contributed by atoms with Crippen molar-refractivity contribution >= 4 is 5.91 Å². The molecule has 2 N–H and O–H groups in total. The van der Waals surface area contributed by atoms with Gasteiger partial charge in [-0.3, -0.25) is 4.79 Å². The minimum Gasteiger partial charge on any atom is -0.355 e. The van der Waals surface area contributed by atoms with E-state index in [9.17, 15) is 18.0 Å². The molecule has 1 aliphatic rings. The fraction of sp³-hybridized carbons (Fsp3) is 0.471. The Balaban J connectivity index is 1.56. The van der Waals surface area contributed by atoms with Crippen LogP contribution in [0.15, 0.2) is 30.5 Å². The van der Waals surface area contributed by atoms with E-state index in [0.717, 1.165) is 11.1 Å². The van der Waals surface area contributed by atoms with E-state index in [1.807, 2.05) is 24.3 Å². The zero-order valence-electron chi connectivity index (χ0n) is 13.6. The third-order valence-corrected chi connectivity index (χ3v) is 4.80. The van der Waals surface area contributed by atoms with E-state index < -0.39 is 17.5 Å². The van der Waals surface area contributed by atoms with Crippen LogP contribution in [0.3, 0.4) is 0 Å². The molecule has 1 aromatic heterocycles. The van der Waals surface area contributed by atoms with Crippen LogP contribution in [0.1, 0.15) is 31.2 Å². The van der Waals surface area contributed by atoms with E-state index in [-0.39, 0.29) is 19.4 Å². The van der Waals surface area contributed by atoms with Crippen LogP contribution >= 0.6 is 0 Å². The minimum absolute atomic E-state index is 0.116. The summed E-state index contributed by atoms with van der Waals surface area (Å²) in [5.41, 5.74) is 0.334. The zero-order chi connectivity index (χ0) is 17.9. The van der Waals surface area contributed by atoms with E-state index in [4.69, 9.17) is 0 Å². The van der Waals surface area contributed by atoms with E-state index in [0.29, 0.717) is 25.0 Å². The second kappa shape index (κ2) is 6.85. The number of carbonyl (C=O) groups excluding carboxylic acids is 1. The summed E-state index contributed by atoms with van der Waals surface area (Å²) in [6.07, 6.45) is -1.77. The Morgan fingerprint density at radius 1 is 1.20 bits per heavy atom. The van der Waals surface area contributed by atoms with E-state index in [1.54, 1.807) is 6.20 Å². The number of hydrogen-bond donors (Lipinski definition) is 2. The lowest BCUT2D eigenvalue weighted by Gasteiger charge is -2.30. The molecule has 2 aromatic rings. The second-order valence-corrected chi connectivity index (χ2v) is 6.35. The standard InChI is InChI=1S/C17H19F3N4O/c18-17(19,20)16(8-1-2-9-16)15(25)21-10-7-12-3-5-13(6-4-12)14-11-22-24-23-14/h3-6,11H,1-2,7-10H2,(H,21,25)(H,22,23,24). The number of aromatic amines is 1. The molecule has 0 bridgehead atoms. The Labute approximate surface area is 143 Å². The summed E-state index contributed by atoms with van der Waals surface area (Å²) in [4.78, 5) is 12.2. The number of nitrogens with zero attached hydrogens (tertiary/aromatic N) is 2. The lowest BCUT2D eigenvalue weighted by atomic mass is 9.84. The Morgan fingerprint density at radius 3 is 2.44 bits per heavy atom. The van der Waals surface area contributed by atoms with Gasteiger partial charge in [0.2, 0.25) is 5.91 Å². The van der Waals surface area contributed by atoms with Crippen molar-refractivity contribution in [2.24, 2.45) is 5.41 Å². The molecule has 1 aromatic carbocycles. The fourth-order valence-corrected chi connectivity index (χ4v) is 3.29. The Morgan fingerprint density at radius 2 is 1.88 bits per heavy atom. The van der Waals surface area contributed by atoms with Gasteiger partial charge in [-0.15, -0.1) is 0 Å². The van der Waals surface area contributed by atoms with Crippen molar-refractivity contribution in [1.82, 2.24) is 20.7 Å². The van der Waals surface area contributed by atoms with Gasteiger partial charge in [-0.2, -0.15) is 28.6 Å². The number of carbonyl (C=O) groups is 1. The summed E-state index contributed by atoms with van der Waals surface area (Å²) in [5, 5.41) is 12.7. The normalized spacial score (nSPS) is 16.8. The predicted molar refractivity (Wildman–Crippen MR) is 85.5 cm³/mol. The van der Waals surface area contributed by atoms with Gasteiger partial charge >= 0.3 is 6.18 Å². The minimum atomic E-state index is -4.49. The maximum absolute atomic E-state index is 13.3. The van der Waals surface area contributed by atoms with E-state index in [1.165, 1.54) is 0 Å². The molecular weight excluding hydrogens is 333 g/mol. The van der Waals surface area contributed by atoms with Crippen LogP contribution in [-0.2, 0) is 11.2 Å². The maximum Gasteiger partial charge on any atom is 0.403 e. The average Bonchev–Trinajstić information content (AvgIpc) is 3.27. The highest BCUT2D eigenvalue weighted by molar-refractivity contribution is 5.83. The summed E-state index contributed by atoms with van der Waals surface area (Å²) in [6, 6.07) is 7.46. The van der Waals surface area contributed by atoms with Crippen LogP contribution < -0.4 is 5.32 Å². The molecule has 1 heterocycles. The first kappa shape index (κ1) is 17.4. The molecule has 1 saturated carbocycles.